The molecule has 2 aliphatic rings. The van der Waals surface area contributed by atoms with Gasteiger partial charge in [0.05, 0.1) is 4.90 Å². The molecule has 1 N–H and O–H groups in total. The molecule has 1 aliphatic carbocycles. The van der Waals surface area contributed by atoms with Crippen molar-refractivity contribution in [3.8, 4) is 0 Å². The first-order valence-corrected chi connectivity index (χ1v) is 10.8. The van der Waals surface area contributed by atoms with Gasteiger partial charge in [-0.2, -0.15) is 0 Å². The molecule has 5 nitrogen and oxygen atoms in total. The van der Waals surface area contributed by atoms with Crippen LogP contribution in [0.15, 0.2) is 29.2 Å². The highest BCUT2D eigenvalue weighted by Gasteiger charge is 2.61. The van der Waals surface area contributed by atoms with Crippen molar-refractivity contribution in [2.75, 3.05) is 26.2 Å². The monoisotopic (exact) mass is 384 g/mol. The van der Waals surface area contributed by atoms with E-state index in [0.29, 0.717) is 24.4 Å². The summed E-state index contributed by atoms with van der Waals surface area (Å²) in [6.07, 6.45) is 5.70. The molecule has 1 saturated heterocycles. The number of hydrogen-bond donors (Lipinski definition) is 1. The number of nitrogens with zero attached hydrogens (tertiary/aromatic N) is 1. The normalized spacial score (nSPS) is 20.7. The predicted octanol–water partition coefficient (Wildman–Crippen LogP) is 2.64. The number of carbonyl (C=O) groups is 1. The lowest BCUT2D eigenvalue weighted by Crippen LogP contribution is -2.44. The Hall–Kier alpha value is -1.11. The summed E-state index contributed by atoms with van der Waals surface area (Å²) in [5, 5.41) is 3.33. The first-order chi connectivity index (χ1) is 12.0. The third-order valence-corrected chi connectivity index (χ3v) is 7.94. The predicted molar refractivity (Wildman–Crippen MR) is 98.5 cm³/mol. The van der Waals surface area contributed by atoms with E-state index in [-0.39, 0.29) is 10.8 Å². The van der Waals surface area contributed by atoms with E-state index in [2.05, 4.69) is 10.2 Å². The van der Waals surface area contributed by atoms with Crippen LogP contribution >= 0.6 is 11.6 Å². The molecular formula is C18H25ClN2O3S. The van der Waals surface area contributed by atoms with E-state index >= 15 is 0 Å². The van der Waals surface area contributed by atoms with Gasteiger partial charge >= 0.3 is 0 Å². The summed E-state index contributed by atoms with van der Waals surface area (Å²) in [6, 6.07) is 6.04. The number of amides is 1. The van der Waals surface area contributed by atoms with Gasteiger partial charge in [0.25, 0.3) is 0 Å². The number of benzene rings is 1. The zero-order valence-electron chi connectivity index (χ0n) is 14.3. The molecule has 2 fully saturated rings. The Morgan fingerprint density at radius 1 is 1.08 bits per heavy atom. The molecule has 1 aromatic rings. The summed E-state index contributed by atoms with van der Waals surface area (Å²) in [4.78, 5) is 15.1. The van der Waals surface area contributed by atoms with Gasteiger partial charge in [0.15, 0.2) is 14.6 Å². The Morgan fingerprint density at radius 2 is 1.68 bits per heavy atom. The minimum atomic E-state index is -3.69. The third-order valence-electron chi connectivity index (χ3n) is 5.17. The highest BCUT2D eigenvalue weighted by Crippen LogP contribution is 2.47. The number of sulfone groups is 1. The second kappa shape index (κ2) is 7.64. The minimum Gasteiger partial charge on any atom is -0.353 e. The summed E-state index contributed by atoms with van der Waals surface area (Å²) < 4.78 is 24.4. The zero-order chi connectivity index (χ0) is 17.9. The molecule has 0 radical (unpaired) electrons. The van der Waals surface area contributed by atoms with Gasteiger partial charge in [-0.1, -0.05) is 24.4 Å². The standard InChI is InChI=1S/C18H25ClN2O3S/c19-15-5-7-16(8-6-15)25(23,24)18(9-10-18)17(22)20-11-14-21-12-3-1-2-4-13-21/h5-8H,1-4,9-14H2,(H,20,22). The van der Waals surface area contributed by atoms with Gasteiger partial charge in [-0.05, 0) is 63.0 Å². The van der Waals surface area contributed by atoms with Crippen molar-refractivity contribution in [1.29, 1.82) is 0 Å². The van der Waals surface area contributed by atoms with Crippen molar-refractivity contribution in [1.82, 2.24) is 10.2 Å². The highest BCUT2D eigenvalue weighted by molar-refractivity contribution is 7.94. The molecule has 1 amide bonds. The van der Waals surface area contributed by atoms with Crippen LogP contribution in [0.1, 0.15) is 38.5 Å². The van der Waals surface area contributed by atoms with E-state index < -0.39 is 14.6 Å². The van der Waals surface area contributed by atoms with Crippen LogP contribution in [-0.4, -0.2) is 50.2 Å². The average molecular weight is 385 g/mol. The fourth-order valence-corrected chi connectivity index (χ4v) is 5.45. The Kier molecular flexibility index (Phi) is 5.71. The van der Waals surface area contributed by atoms with E-state index in [9.17, 15) is 13.2 Å². The average Bonchev–Trinajstić information content (AvgIpc) is 3.41. The molecule has 1 heterocycles. The topological polar surface area (TPSA) is 66.5 Å². The smallest absolute Gasteiger partial charge is 0.241 e. The maximum atomic E-state index is 12.9. The van der Waals surface area contributed by atoms with Crippen LogP contribution in [0.2, 0.25) is 5.02 Å². The molecule has 25 heavy (non-hydrogen) atoms. The number of halogens is 1. The molecule has 1 aromatic carbocycles. The van der Waals surface area contributed by atoms with Gasteiger partial charge < -0.3 is 10.2 Å². The zero-order valence-corrected chi connectivity index (χ0v) is 15.9. The van der Waals surface area contributed by atoms with Crippen LogP contribution in [0, 0.1) is 0 Å². The largest absolute Gasteiger partial charge is 0.353 e. The molecule has 0 unspecified atom stereocenters. The molecule has 0 spiro atoms. The first-order valence-electron chi connectivity index (χ1n) is 8.97. The van der Waals surface area contributed by atoms with Crippen LogP contribution in [0.25, 0.3) is 0 Å². The Labute approximate surface area is 154 Å². The van der Waals surface area contributed by atoms with Crippen molar-refractivity contribution in [2.24, 2.45) is 0 Å². The molecule has 7 heteroatoms. The summed E-state index contributed by atoms with van der Waals surface area (Å²) in [6.45, 7) is 3.40. The van der Waals surface area contributed by atoms with E-state index in [1.807, 2.05) is 0 Å². The maximum Gasteiger partial charge on any atom is 0.241 e. The third kappa shape index (κ3) is 4.01. The molecular weight excluding hydrogens is 360 g/mol. The maximum absolute atomic E-state index is 12.9. The number of hydrogen-bond acceptors (Lipinski definition) is 4. The van der Waals surface area contributed by atoms with E-state index in [1.165, 1.54) is 37.8 Å². The van der Waals surface area contributed by atoms with Crippen molar-refractivity contribution >= 4 is 27.3 Å². The quantitative estimate of drug-likeness (QED) is 0.818. The molecule has 1 aliphatic heterocycles. The fraction of sp³-hybridized carbons (Fsp3) is 0.611. The second-order valence-corrected chi connectivity index (χ2v) is 9.66. The van der Waals surface area contributed by atoms with Crippen LogP contribution in [-0.2, 0) is 14.6 Å². The Bertz CT molecular complexity index is 706. The molecule has 0 atom stereocenters. The lowest BCUT2D eigenvalue weighted by Gasteiger charge is -2.21. The number of carbonyl (C=O) groups excluding carboxylic acids is 1. The Balaban J connectivity index is 1.60. The molecule has 1 saturated carbocycles. The number of rotatable bonds is 6. The summed E-state index contributed by atoms with van der Waals surface area (Å²) in [5.74, 6) is -0.364. The summed E-state index contributed by atoms with van der Waals surface area (Å²) in [5.41, 5.74) is 0. The highest BCUT2D eigenvalue weighted by atomic mass is 35.5. The van der Waals surface area contributed by atoms with Crippen molar-refractivity contribution < 1.29 is 13.2 Å². The van der Waals surface area contributed by atoms with Gasteiger partial charge in [0.2, 0.25) is 5.91 Å². The van der Waals surface area contributed by atoms with Gasteiger partial charge in [-0.15, -0.1) is 0 Å². The van der Waals surface area contributed by atoms with Crippen LogP contribution in [0.4, 0.5) is 0 Å². The summed E-state index contributed by atoms with van der Waals surface area (Å²) in [7, 11) is -3.69. The van der Waals surface area contributed by atoms with Crippen molar-refractivity contribution in [2.45, 2.75) is 48.2 Å². The lowest BCUT2D eigenvalue weighted by molar-refractivity contribution is -0.121. The second-order valence-electron chi connectivity index (χ2n) is 6.96. The van der Waals surface area contributed by atoms with Gasteiger partial charge in [-0.25, -0.2) is 8.42 Å². The summed E-state index contributed by atoms with van der Waals surface area (Å²) >= 11 is 5.83. The lowest BCUT2D eigenvalue weighted by atomic mass is 10.2. The van der Waals surface area contributed by atoms with Crippen LogP contribution < -0.4 is 5.32 Å². The van der Waals surface area contributed by atoms with Crippen LogP contribution in [0.5, 0.6) is 0 Å². The van der Waals surface area contributed by atoms with E-state index in [4.69, 9.17) is 11.6 Å². The van der Waals surface area contributed by atoms with Gasteiger partial charge in [0.1, 0.15) is 0 Å². The van der Waals surface area contributed by atoms with Gasteiger partial charge in [0, 0.05) is 18.1 Å². The first kappa shape index (κ1) is 18.7. The number of likely N-dealkylation sites (tertiary alicyclic amines) is 1. The van der Waals surface area contributed by atoms with E-state index in [1.54, 1.807) is 12.1 Å². The molecule has 0 aromatic heterocycles. The fourth-order valence-electron chi connectivity index (χ4n) is 3.42. The molecule has 0 bridgehead atoms. The SMILES string of the molecule is O=C(NCCN1CCCCCC1)C1(S(=O)(=O)c2ccc(Cl)cc2)CC1. The van der Waals surface area contributed by atoms with E-state index in [0.717, 1.165) is 19.6 Å². The molecule has 138 valence electrons. The van der Waals surface area contributed by atoms with Gasteiger partial charge in [-0.3, -0.25) is 4.79 Å². The van der Waals surface area contributed by atoms with Crippen molar-refractivity contribution in [3.05, 3.63) is 29.3 Å². The van der Waals surface area contributed by atoms with Crippen LogP contribution in [0.3, 0.4) is 0 Å². The number of nitrogens with one attached hydrogen (secondary N) is 1. The van der Waals surface area contributed by atoms with Crippen molar-refractivity contribution in [3.63, 3.8) is 0 Å². The minimum absolute atomic E-state index is 0.164. The Morgan fingerprint density at radius 3 is 2.24 bits per heavy atom. The molecule has 3 rings (SSSR count).